The highest BCUT2D eigenvalue weighted by atomic mass is 35.5. The first-order chi connectivity index (χ1) is 9.13. The fourth-order valence-electron chi connectivity index (χ4n) is 1.63. The summed E-state index contributed by atoms with van der Waals surface area (Å²) in [6, 6.07) is 8.01. The molecule has 0 radical (unpaired) electrons. The fraction of sp³-hybridized carbons (Fsp3) is 0.400. The molecule has 1 unspecified atom stereocenters. The lowest BCUT2D eigenvalue weighted by Crippen LogP contribution is -1.96. The molecule has 1 aromatic carbocycles. The molecule has 19 heavy (non-hydrogen) atoms. The maximum absolute atomic E-state index is 10.8. The van der Waals surface area contributed by atoms with E-state index < -0.39 is 0 Å². The van der Waals surface area contributed by atoms with E-state index in [0.29, 0.717) is 5.25 Å². The molecule has 1 nitrogen and oxygen atoms in total. The van der Waals surface area contributed by atoms with E-state index in [9.17, 15) is 4.79 Å². The van der Waals surface area contributed by atoms with E-state index in [-0.39, 0.29) is 5.12 Å². The van der Waals surface area contributed by atoms with Crippen molar-refractivity contribution in [2.24, 2.45) is 0 Å². The van der Waals surface area contributed by atoms with E-state index in [4.69, 9.17) is 11.6 Å². The number of benzene rings is 1. The second kappa shape index (κ2) is 9.51. The van der Waals surface area contributed by atoms with Crippen LogP contribution in [0.1, 0.15) is 30.6 Å². The maximum Gasteiger partial charge on any atom is 0.185 e. The highest BCUT2D eigenvalue weighted by molar-refractivity contribution is 8.13. The van der Waals surface area contributed by atoms with Crippen LogP contribution in [-0.2, 0) is 4.79 Å². The average molecular weight is 315 g/mol. The Bertz CT molecular complexity index is 403. The third kappa shape index (κ3) is 7.09. The van der Waals surface area contributed by atoms with Crippen LogP contribution in [-0.4, -0.2) is 16.6 Å². The van der Waals surface area contributed by atoms with Crippen LogP contribution in [0, 0.1) is 0 Å². The molecule has 104 valence electrons. The van der Waals surface area contributed by atoms with Gasteiger partial charge in [0.15, 0.2) is 5.12 Å². The van der Waals surface area contributed by atoms with Crippen LogP contribution in [0.4, 0.5) is 0 Å². The van der Waals surface area contributed by atoms with Crippen molar-refractivity contribution < 1.29 is 4.79 Å². The van der Waals surface area contributed by atoms with Crippen LogP contribution < -0.4 is 0 Å². The third-order valence-electron chi connectivity index (χ3n) is 2.54. The van der Waals surface area contributed by atoms with Crippen LogP contribution in [0.2, 0.25) is 5.02 Å². The van der Waals surface area contributed by atoms with E-state index >= 15 is 0 Å². The molecule has 0 spiro atoms. The summed E-state index contributed by atoms with van der Waals surface area (Å²) >= 11 is 9.23. The zero-order valence-corrected chi connectivity index (χ0v) is 13.5. The number of hydrogen-bond donors (Lipinski definition) is 0. The van der Waals surface area contributed by atoms with Crippen LogP contribution in [0.5, 0.6) is 0 Å². The molecule has 0 aliphatic carbocycles. The van der Waals surface area contributed by atoms with Gasteiger partial charge in [0.2, 0.25) is 0 Å². The van der Waals surface area contributed by atoms with Crippen molar-refractivity contribution in [2.45, 2.75) is 25.0 Å². The molecule has 0 heterocycles. The molecule has 1 rings (SSSR count). The Morgan fingerprint density at radius 1 is 1.37 bits per heavy atom. The number of rotatable bonds is 8. The molecular formula is C15H19ClOS2. The molecule has 4 heteroatoms. The van der Waals surface area contributed by atoms with Gasteiger partial charge in [0, 0.05) is 22.9 Å². The summed E-state index contributed by atoms with van der Waals surface area (Å²) in [5, 5.41) is 1.39. The molecular weight excluding hydrogens is 296 g/mol. The van der Waals surface area contributed by atoms with Crippen LogP contribution in [0.25, 0.3) is 0 Å². The van der Waals surface area contributed by atoms with Crippen LogP contribution in [0.15, 0.2) is 36.9 Å². The maximum atomic E-state index is 10.8. The SMILES string of the molecule is C=CCC(SCCCSC(C)=O)c1ccc(Cl)cc1. The number of halogens is 1. The monoisotopic (exact) mass is 314 g/mol. The van der Waals surface area contributed by atoms with Crippen molar-refractivity contribution in [1.82, 2.24) is 0 Å². The lowest BCUT2D eigenvalue weighted by Gasteiger charge is -2.15. The predicted molar refractivity (Wildman–Crippen MR) is 89.2 cm³/mol. The van der Waals surface area contributed by atoms with Gasteiger partial charge in [0.25, 0.3) is 0 Å². The van der Waals surface area contributed by atoms with Crippen molar-refractivity contribution in [3.8, 4) is 0 Å². The first kappa shape index (κ1) is 16.7. The Kier molecular flexibility index (Phi) is 8.35. The number of carbonyl (C=O) groups is 1. The van der Waals surface area contributed by atoms with Gasteiger partial charge >= 0.3 is 0 Å². The Hall–Kier alpha value is -0.380. The zero-order valence-electron chi connectivity index (χ0n) is 11.1. The molecule has 0 amide bonds. The summed E-state index contributed by atoms with van der Waals surface area (Å²) < 4.78 is 0. The molecule has 0 N–H and O–H groups in total. The van der Waals surface area contributed by atoms with Gasteiger partial charge in [-0.15, -0.1) is 6.58 Å². The van der Waals surface area contributed by atoms with Crippen molar-refractivity contribution >= 4 is 40.2 Å². The minimum absolute atomic E-state index is 0.199. The smallest absolute Gasteiger partial charge is 0.185 e. The Morgan fingerprint density at radius 3 is 2.63 bits per heavy atom. The van der Waals surface area contributed by atoms with E-state index in [2.05, 4.69) is 18.7 Å². The van der Waals surface area contributed by atoms with Crippen molar-refractivity contribution in [3.05, 3.63) is 47.5 Å². The third-order valence-corrected chi connectivity index (χ3v) is 5.08. The minimum Gasteiger partial charge on any atom is -0.288 e. The molecule has 1 aromatic rings. The lowest BCUT2D eigenvalue weighted by atomic mass is 10.1. The Labute approximate surface area is 129 Å². The van der Waals surface area contributed by atoms with E-state index in [1.807, 2.05) is 30.0 Å². The molecule has 0 fully saturated rings. The van der Waals surface area contributed by atoms with Gasteiger partial charge in [-0.1, -0.05) is 41.6 Å². The lowest BCUT2D eigenvalue weighted by molar-refractivity contribution is -0.109. The first-order valence-corrected chi connectivity index (χ1v) is 8.66. The highest BCUT2D eigenvalue weighted by Crippen LogP contribution is 2.33. The van der Waals surface area contributed by atoms with Gasteiger partial charge in [-0.05, 0) is 36.3 Å². The zero-order chi connectivity index (χ0) is 14.1. The van der Waals surface area contributed by atoms with Gasteiger partial charge in [-0.25, -0.2) is 0 Å². The molecule has 0 aromatic heterocycles. The van der Waals surface area contributed by atoms with Crippen LogP contribution >= 0.6 is 35.1 Å². The summed E-state index contributed by atoms with van der Waals surface area (Å²) in [5.41, 5.74) is 1.29. The van der Waals surface area contributed by atoms with Gasteiger partial charge in [-0.2, -0.15) is 11.8 Å². The molecule has 0 bridgehead atoms. The van der Waals surface area contributed by atoms with E-state index in [1.54, 1.807) is 6.92 Å². The number of allylic oxidation sites excluding steroid dienone is 1. The van der Waals surface area contributed by atoms with E-state index in [1.165, 1.54) is 17.3 Å². The van der Waals surface area contributed by atoms with Crippen molar-refractivity contribution in [2.75, 3.05) is 11.5 Å². The molecule has 0 aliphatic heterocycles. The van der Waals surface area contributed by atoms with Gasteiger partial charge in [0.1, 0.15) is 0 Å². The summed E-state index contributed by atoms with van der Waals surface area (Å²) in [7, 11) is 0. The number of hydrogen-bond acceptors (Lipinski definition) is 3. The van der Waals surface area contributed by atoms with Gasteiger partial charge in [0.05, 0.1) is 0 Å². The summed E-state index contributed by atoms with van der Waals surface area (Å²) in [5.74, 6) is 1.96. The normalized spacial score (nSPS) is 12.1. The quantitative estimate of drug-likeness (QED) is 0.475. The standard InChI is InChI=1S/C15H19ClOS2/c1-3-5-15(13-6-8-14(16)9-7-13)19-11-4-10-18-12(2)17/h3,6-9,15H,1,4-5,10-11H2,2H3. The Morgan fingerprint density at radius 2 is 2.05 bits per heavy atom. The summed E-state index contributed by atoms with van der Waals surface area (Å²) in [6.45, 7) is 5.44. The molecule has 0 saturated carbocycles. The predicted octanol–water partition coefficient (Wildman–Crippen LogP) is 5.36. The number of carbonyl (C=O) groups excluding carboxylic acids is 1. The molecule has 1 atom stereocenters. The molecule has 0 aliphatic rings. The second-order valence-corrected chi connectivity index (χ2v) is 7.15. The Balaban J connectivity index is 2.42. The number of thioether (sulfide) groups is 2. The second-order valence-electron chi connectivity index (χ2n) is 4.13. The highest BCUT2D eigenvalue weighted by Gasteiger charge is 2.10. The summed E-state index contributed by atoms with van der Waals surface area (Å²) in [6.07, 6.45) is 3.96. The van der Waals surface area contributed by atoms with Crippen LogP contribution in [0.3, 0.4) is 0 Å². The first-order valence-electron chi connectivity index (χ1n) is 6.25. The van der Waals surface area contributed by atoms with Crippen molar-refractivity contribution in [1.29, 1.82) is 0 Å². The van der Waals surface area contributed by atoms with Crippen molar-refractivity contribution in [3.63, 3.8) is 0 Å². The van der Waals surface area contributed by atoms with Gasteiger partial charge < -0.3 is 0 Å². The average Bonchev–Trinajstić information content (AvgIpc) is 2.38. The van der Waals surface area contributed by atoms with E-state index in [0.717, 1.165) is 29.4 Å². The largest absolute Gasteiger partial charge is 0.288 e. The fourth-order valence-corrected chi connectivity index (χ4v) is 3.73. The molecule has 0 saturated heterocycles. The minimum atomic E-state index is 0.199. The van der Waals surface area contributed by atoms with Gasteiger partial charge in [-0.3, -0.25) is 4.79 Å². The topological polar surface area (TPSA) is 17.1 Å². The summed E-state index contributed by atoms with van der Waals surface area (Å²) in [4.78, 5) is 10.8.